The highest BCUT2D eigenvalue weighted by Crippen LogP contribution is 2.41. The van der Waals surface area contributed by atoms with Crippen LogP contribution < -0.4 is 0 Å². The van der Waals surface area contributed by atoms with Crippen LogP contribution in [0.2, 0.25) is 0 Å². The predicted octanol–water partition coefficient (Wildman–Crippen LogP) is 17.7. The van der Waals surface area contributed by atoms with Gasteiger partial charge in [-0.15, -0.1) is 0 Å². The number of hydrogen-bond donors (Lipinski definition) is 0. The van der Waals surface area contributed by atoms with Gasteiger partial charge in [0.2, 0.25) is 0 Å². The highest BCUT2D eigenvalue weighted by atomic mass is 15.0. The maximum atomic E-state index is 5.16. The number of nitrogens with zero attached hydrogens (tertiary/aromatic N) is 5. The third-order valence-electron chi connectivity index (χ3n) is 15.1. The van der Waals surface area contributed by atoms with E-state index in [9.17, 15) is 0 Å². The number of fused-ring (bicyclic) bond motifs is 9. The molecule has 4 aromatic heterocycles. The molecule has 10 aromatic carbocycles. The average molecular weight is 936 g/mol. The summed E-state index contributed by atoms with van der Waals surface area (Å²) in [6.45, 7) is 8.62. The maximum Gasteiger partial charge on any atom is 0.160 e. The molecule has 73 heavy (non-hydrogen) atoms. The molecule has 0 N–H and O–H groups in total. The second-order valence-corrected chi connectivity index (χ2v) is 19.7. The molecule has 0 fully saturated rings. The van der Waals surface area contributed by atoms with E-state index >= 15 is 0 Å². The van der Waals surface area contributed by atoms with Crippen LogP contribution in [-0.2, 0) is 0 Å². The van der Waals surface area contributed by atoms with Crippen LogP contribution in [0, 0.1) is 27.7 Å². The lowest BCUT2D eigenvalue weighted by atomic mass is 10.00. The molecule has 0 aliphatic rings. The Morgan fingerprint density at radius 1 is 0.274 bits per heavy atom. The third kappa shape index (κ3) is 6.92. The third-order valence-corrected chi connectivity index (χ3v) is 15.1. The van der Waals surface area contributed by atoms with Crippen LogP contribution in [0.15, 0.2) is 224 Å². The summed E-state index contributed by atoms with van der Waals surface area (Å²) in [7, 11) is 0. The second-order valence-electron chi connectivity index (χ2n) is 19.7. The molecule has 0 radical (unpaired) electrons. The zero-order valence-corrected chi connectivity index (χ0v) is 41.1. The highest BCUT2D eigenvalue weighted by Gasteiger charge is 2.20. The molecule has 14 aromatic rings. The fourth-order valence-corrected chi connectivity index (χ4v) is 11.5. The topological polar surface area (TPSA) is 40.6 Å². The van der Waals surface area contributed by atoms with Gasteiger partial charge in [0.1, 0.15) is 0 Å². The number of rotatable bonds is 7. The van der Waals surface area contributed by atoms with E-state index in [4.69, 9.17) is 9.97 Å². The van der Waals surface area contributed by atoms with Gasteiger partial charge in [-0.2, -0.15) is 0 Å². The molecular formula is C68H49N5. The maximum absolute atomic E-state index is 5.16. The van der Waals surface area contributed by atoms with E-state index < -0.39 is 0 Å². The van der Waals surface area contributed by atoms with E-state index in [1.54, 1.807) is 0 Å². The Hall–Kier alpha value is -9.32. The van der Waals surface area contributed by atoms with E-state index in [0.29, 0.717) is 0 Å². The van der Waals surface area contributed by atoms with Crippen LogP contribution in [-0.4, -0.2) is 23.7 Å². The lowest BCUT2D eigenvalue weighted by molar-refractivity contribution is 1.16. The van der Waals surface area contributed by atoms with Crippen molar-refractivity contribution in [1.82, 2.24) is 23.7 Å². The second kappa shape index (κ2) is 16.6. The smallest absolute Gasteiger partial charge is 0.160 e. The number of hydrogen-bond acceptors (Lipinski definition) is 2. The SMILES string of the molecule is Cc1ccc2c(c1)c1cc(C)ccc1n2-c1ccc2c(c1)c1cc(-n3c4ccccc4c4ccccc43)ccc1n2-c1ccc(-c2ccc(-c3cc(-c4ccccc4C)nc(-c4ccccc4C)n3)cc2)cc1. The first-order chi connectivity index (χ1) is 35.8. The molecule has 0 unspecified atom stereocenters. The molecular weight excluding hydrogens is 887 g/mol. The number of benzene rings is 10. The van der Waals surface area contributed by atoms with Crippen molar-refractivity contribution in [3.8, 4) is 62.1 Å². The van der Waals surface area contributed by atoms with Crippen molar-refractivity contribution in [2.75, 3.05) is 0 Å². The minimum Gasteiger partial charge on any atom is -0.309 e. The van der Waals surface area contributed by atoms with Crippen LogP contribution in [0.1, 0.15) is 22.3 Å². The Labute approximate surface area is 423 Å². The first kappa shape index (κ1) is 42.5. The summed E-state index contributed by atoms with van der Waals surface area (Å²) in [5, 5.41) is 7.46. The number of para-hydroxylation sites is 2. The van der Waals surface area contributed by atoms with E-state index in [0.717, 1.165) is 78.7 Å². The molecule has 346 valence electrons. The molecule has 0 amide bonds. The summed E-state index contributed by atoms with van der Waals surface area (Å²) in [5.41, 5.74) is 22.6. The van der Waals surface area contributed by atoms with E-state index in [-0.39, 0.29) is 0 Å². The van der Waals surface area contributed by atoms with Crippen molar-refractivity contribution < 1.29 is 0 Å². The first-order valence-corrected chi connectivity index (χ1v) is 25.1. The van der Waals surface area contributed by atoms with Gasteiger partial charge < -0.3 is 13.7 Å². The summed E-state index contributed by atoms with van der Waals surface area (Å²) >= 11 is 0. The van der Waals surface area contributed by atoms with Gasteiger partial charge in [-0.1, -0.05) is 145 Å². The minimum absolute atomic E-state index is 0.731. The molecule has 14 rings (SSSR count). The quantitative estimate of drug-likeness (QED) is 0.160. The molecule has 0 bridgehead atoms. The van der Waals surface area contributed by atoms with Crippen LogP contribution >= 0.6 is 0 Å². The molecule has 5 nitrogen and oxygen atoms in total. The largest absolute Gasteiger partial charge is 0.309 e. The molecule has 4 heterocycles. The van der Waals surface area contributed by atoms with Crippen molar-refractivity contribution in [1.29, 1.82) is 0 Å². The van der Waals surface area contributed by atoms with Crippen molar-refractivity contribution >= 4 is 65.4 Å². The average Bonchev–Trinajstić information content (AvgIpc) is 4.06. The summed E-state index contributed by atoms with van der Waals surface area (Å²) < 4.78 is 7.30. The Morgan fingerprint density at radius 2 is 0.658 bits per heavy atom. The molecule has 0 aliphatic heterocycles. The fraction of sp³-hybridized carbons (Fsp3) is 0.0588. The van der Waals surface area contributed by atoms with Gasteiger partial charge in [0.05, 0.1) is 44.5 Å². The zero-order valence-electron chi connectivity index (χ0n) is 41.1. The summed E-state index contributed by atoms with van der Waals surface area (Å²) in [6, 6.07) is 82.0. The van der Waals surface area contributed by atoms with Crippen LogP contribution in [0.5, 0.6) is 0 Å². The van der Waals surface area contributed by atoms with Gasteiger partial charge in [-0.05, 0) is 141 Å². The van der Waals surface area contributed by atoms with Gasteiger partial charge in [0.15, 0.2) is 5.82 Å². The molecule has 0 spiro atoms. The highest BCUT2D eigenvalue weighted by molar-refractivity contribution is 6.14. The Balaban J connectivity index is 0.894. The summed E-state index contributed by atoms with van der Waals surface area (Å²) in [6.07, 6.45) is 0. The lowest BCUT2D eigenvalue weighted by Crippen LogP contribution is -1.98. The van der Waals surface area contributed by atoms with Crippen LogP contribution in [0.3, 0.4) is 0 Å². The Bertz CT molecular complexity index is 4350. The molecule has 0 atom stereocenters. The van der Waals surface area contributed by atoms with E-state index in [2.05, 4.69) is 266 Å². The standard InChI is InChI=1S/C68H49N5/c1-42-21-33-64-56(37-42)57-38-43(2)22-34-65(57)73(64)51-32-36-67-59(40-51)58-39-50(72-62-19-11-9-17-54(62)55-18-10-12-20-63(55)72)31-35-66(58)71(67)49-29-27-47(28-30-49)46-23-25-48(26-24-46)60-41-61(52-15-7-5-13-44(52)3)70-68(69-60)53-16-8-6-14-45(53)4/h5-41H,1-4H3. The van der Waals surface area contributed by atoms with Crippen molar-refractivity contribution in [2.24, 2.45) is 0 Å². The van der Waals surface area contributed by atoms with Gasteiger partial charge in [-0.25, -0.2) is 9.97 Å². The van der Waals surface area contributed by atoms with E-state index in [1.165, 1.54) is 71.1 Å². The minimum atomic E-state index is 0.731. The molecule has 5 heteroatoms. The number of aryl methyl sites for hydroxylation is 4. The van der Waals surface area contributed by atoms with Gasteiger partial charge in [0, 0.05) is 66.1 Å². The number of aromatic nitrogens is 5. The fourth-order valence-electron chi connectivity index (χ4n) is 11.5. The molecule has 0 aliphatic carbocycles. The van der Waals surface area contributed by atoms with Gasteiger partial charge >= 0.3 is 0 Å². The predicted molar refractivity (Wildman–Crippen MR) is 306 cm³/mol. The zero-order chi connectivity index (χ0) is 48.9. The van der Waals surface area contributed by atoms with Crippen molar-refractivity contribution in [2.45, 2.75) is 27.7 Å². The van der Waals surface area contributed by atoms with Crippen molar-refractivity contribution in [3.05, 3.63) is 247 Å². The van der Waals surface area contributed by atoms with Crippen molar-refractivity contribution in [3.63, 3.8) is 0 Å². The molecule has 0 saturated carbocycles. The lowest BCUT2D eigenvalue weighted by Gasteiger charge is -2.13. The Kier molecular flexibility index (Phi) is 9.70. The van der Waals surface area contributed by atoms with E-state index in [1.807, 2.05) is 0 Å². The monoisotopic (exact) mass is 935 g/mol. The molecule has 0 saturated heterocycles. The Morgan fingerprint density at radius 3 is 1.19 bits per heavy atom. The summed E-state index contributed by atoms with van der Waals surface area (Å²) in [4.78, 5) is 10.3. The van der Waals surface area contributed by atoms with Gasteiger partial charge in [-0.3, -0.25) is 0 Å². The van der Waals surface area contributed by atoms with Crippen LogP contribution in [0.4, 0.5) is 0 Å². The first-order valence-electron chi connectivity index (χ1n) is 25.1. The van der Waals surface area contributed by atoms with Gasteiger partial charge in [0.25, 0.3) is 0 Å². The normalized spacial score (nSPS) is 11.8. The summed E-state index contributed by atoms with van der Waals surface area (Å²) in [5.74, 6) is 0.731. The van der Waals surface area contributed by atoms with Crippen LogP contribution in [0.25, 0.3) is 128 Å².